The van der Waals surface area contributed by atoms with Crippen LogP contribution in [0.5, 0.6) is 0 Å². The SMILES string of the molecule is O=C(C1CCCN1C(=O)C1CC1)N1CCN(c2ccc(Cl)cc2)CC1. The molecule has 1 saturated carbocycles. The molecule has 0 spiro atoms. The summed E-state index contributed by atoms with van der Waals surface area (Å²) in [7, 11) is 0. The minimum atomic E-state index is -0.227. The molecule has 5 nitrogen and oxygen atoms in total. The van der Waals surface area contributed by atoms with Crippen LogP contribution in [0.4, 0.5) is 5.69 Å². The van der Waals surface area contributed by atoms with Crippen molar-refractivity contribution in [3.05, 3.63) is 29.3 Å². The first-order valence-electron chi connectivity index (χ1n) is 9.23. The molecule has 0 bridgehead atoms. The van der Waals surface area contributed by atoms with Crippen molar-refractivity contribution < 1.29 is 9.59 Å². The quantitative estimate of drug-likeness (QED) is 0.830. The summed E-state index contributed by atoms with van der Waals surface area (Å²) >= 11 is 5.95. The fourth-order valence-corrected chi connectivity index (χ4v) is 4.03. The van der Waals surface area contributed by atoms with E-state index in [1.54, 1.807) is 0 Å². The van der Waals surface area contributed by atoms with Crippen molar-refractivity contribution in [2.24, 2.45) is 5.92 Å². The third-order valence-electron chi connectivity index (χ3n) is 5.53. The van der Waals surface area contributed by atoms with Crippen LogP contribution in [0, 0.1) is 5.92 Å². The average molecular weight is 362 g/mol. The Morgan fingerprint density at radius 3 is 2.20 bits per heavy atom. The van der Waals surface area contributed by atoms with E-state index < -0.39 is 0 Å². The third-order valence-corrected chi connectivity index (χ3v) is 5.78. The van der Waals surface area contributed by atoms with E-state index in [0.717, 1.165) is 56.0 Å². The number of rotatable bonds is 3. The number of nitrogens with zero attached hydrogens (tertiary/aromatic N) is 3. The first kappa shape index (κ1) is 16.7. The molecule has 2 amide bonds. The van der Waals surface area contributed by atoms with Crippen molar-refractivity contribution in [2.45, 2.75) is 31.7 Å². The molecule has 1 aromatic carbocycles. The van der Waals surface area contributed by atoms with Crippen molar-refractivity contribution >= 4 is 29.1 Å². The second-order valence-electron chi connectivity index (χ2n) is 7.25. The number of hydrogen-bond acceptors (Lipinski definition) is 3. The summed E-state index contributed by atoms with van der Waals surface area (Å²) < 4.78 is 0. The van der Waals surface area contributed by atoms with E-state index in [-0.39, 0.29) is 23.8 Å². The molecule has 3 fully saturated rings. The number of benzene rings is 1. The van der Waals surface area contributed by atoms with Crippen LogP contribution in [0.15, 0.2) is 24.3 Å². The molecule has 1 aliphatic carbocycles. The van der Waals surface area contributed by atoms with E-state index in [1.807, 2.05) is 34.1 Å². The zero-order valence-electron chi connectivity index (χ0n) is 14.4. The predicted molar refractivity (Wildman–Crippen MR) is 97.7 cm³/mol. The minimum Gasteiger partial charge on any atom is -0.368 e. The maximum atomic E-state index is 12.9. The zero-order chi connectivity index (χ0) is 17.4. The second-order valence-corrected chi connectivity index (χ2v) is 7.69. The second kappa shape index (κ2) is 6.87. The van der Waals surface area contributed by atoms with Crippen molar-refractivity contribution in [1.29, 1.82) is 0 Å². The largest absolute Gasteiger partial charge is 0.368 e. The summed E-state index contributed by atoms with van der Waals surface area (Å²) in [6, 6.07) is 7.61. The highest BCUT2D eigenvalue weighted by molar-refractivity contribution is 6.30. The van der Waals surface area contributed by atoms with Crippen LogP contribution in [-0.2, 0) is 9.59 Å². The summed E-state index contributed by atoms with van der Waals surface area (Å²) in [5.41, 5.74) is 1.14. The first-order valence-corrected chi connectivity index (χ1v) is 9.61. The first-order chi connectivity index (χ1) is 12.1. The monoisotopic (exact) mass is 361 g/mol. The molecule has 1 atom stereocenters. The van der Waals surface area contributed by atoms with Gasteiger partial charge < -0.3 is 14.7 Å². The number of likely N-dealkylation sites (tertiary alicyclic amines) is 1. The fraction of sp³-hybridized carbons (Fsp3) is 0.579. The summed E-state index contributed by atoms with van der Waals surface area (Å²) in [5, 5.41) is 0.735. The minimum absolute atomic E-state index is 0.141. The highest BCUT2D eigenvalue weighted by atomic mass is 35.5. The smallest absolute Gasteiger partial charge is 0.245 e. The summed E-state index contributed by atoms with van der Waals surface area (Å²) in [5.74, 6) is 0.535. The number of piperazine rings is 1. The number of carbonyl (C=O) groups is 2. The van der Waals surface area contributed by atoms with Crippen molar-refractivity contribution in [1.82, 2.24) is 9.80 Å². The molecule has 0 aromatic heterocycles. The number of hydrogen-bond donors (Lipinski definition) is 0. The van der Waals surface area contributed by atoms with Gasteiger partial charge in [0, 0.05) is 49.4 Å². The van der Waals surface area contributed by atoms with Gasteiger partial charge in [-0.05, 0) is 49.9 Å². The molecular weight excluding hydrogens is 338 g/mol. The Morgan fingerprint density at radius 1 is 0.880 bits per heavy atom. The highest BCUT2D eigenvalue weighted by Gasteiger charge is 2.42. The lowest BCUT2D eigenvalue weighted by molar-refractivity contribution is -0.144. The van der Waals surface area contributed by atoms with Gasteiger partial charge in [-0.2, -0.15) is 0 Å². The highest BCUT2D eigenvalue weighted by Crippen LogP contribution is 2.34. The van der Waals surface area contributed by atoms with E-state index in [2.05, 4.69) is 4.90 Å². The van der Waals surface area contributed by atoms with E-state index in [1.165, 1.54) is 0 Å². The van der Waals surface area contributed by atoms with E-state index in [4.69, 9.17) is 11.6 Å². The zero-order valence-corrected chi connectivity index (χ0v) is 15.1. The van der Waals surface area contributed by atoms with Gasteiger partial charge in [-0.3, -0.25) is 9.59 Å². The third kappa shape index (κ3) is 3.47. The van der Waals surface area contributed by atoms with E-state index in [0.29, 0.717) is 13.1 Å². The molecule has 1 aromatic rings. The number of anilines is 1. The van der Waals surface area contributed by atoms with Crippen molar-refractivity contribution in [3.8, 4) is 0 Å². The van der Waals surface area contributed by atoms with Crippen LogP contribution in [0.1, 0.15) is 25.7 Å². The Labute approximate surface area is 153 Å². The van der Waals surface area contributed by atoms with Gasteiger partial charge in [-0.15, -0.1) is 0 Å². The van der Waals surface area contributed by atoms with Crippen LogP contribution >= 0.6 is 11.6 Å². The molecule has 2 heterocycles. The maximum absolute atomic E-state index is 12.9. The van der Waals surface area contributed by atoms with E-state index >= 15 is 0 Å². The van der Waals surface area contributed by atoms with Crippen LogP contribution in [0.25, 0.3) is 0 Å². The van der Waals surface area contributed by atoms with Gasteiger partial charge in [-0.25, -0.2) is 0 Å². The topological polar surface area (TPSA) is 43.9 Å². The number of carbonyl (C=O) groups excluding carboxylic acids is 2. The molecule has 134 valence electrons. The van der Waals surface area contributed by atoms with Crippen LogP contribution in [0.2, 0.25) is 5.02 Å². The lowest BCUT2D eigenvalue weighted by atomic mass is 10.1. The molecule has 1 unspecified atom stereocenters. The summed E-state index contributed by atoms with van der Waals surface area (Å²) in [6.45, 7) is 3.80. The normalized spacial score (nSPS) is 23.9. The van der Waals surface area contributed by atoms with Gasteiger partial charge >= 0.3 is 0 Å². The van der Waals surface area contributed by atoms with Gasteiger partial charge in [-0.1, -0.05) is 11.6 Å². The van der Waals surface area contributed by atoms with Crippen LogP contribution < -0.4 is 4.90 Å². The Bertz CT molecular complexity index is 651. The van der Waals surface area contributed by atoms with Gasteiger partial charge in [0.15, 0.2) is 0 Å². The molecule has 3 aliphatic rings. The van der Waals surface area contributed by atoms with Gasteiger partial charge in [0.2, 0.25) is 11.8 Å². The molecule has 2 aliphatic heterocycles. The van der Waals surface area contributed by atoms with Gasteiger partial charge in [0.05, 0.1) is 0 Å². The number of halogens is 1. The fourth-order valence-electron chi connectivity index (χ4n) is 3.90. The lowest BCUT2D eigenvalue weighted by Gasteiger charge is -2.38. The molecule has 6 heteroatoms. The maximum Gasteiger partial charge on any atom is 0.245 e. The molecule has 0 radical (unpaired) electrons. The molecule has 2 saturated heterocycles. The summed E-state index contributed by atoms with van der Waals surface area (Å²) in [6.07, 6.45) is 3.75. The van der Waals surface area contributed by atoms with Crippen molar-refractivity contribution in [3.63, 3.8) is 0 Å². The Hall–Kier alpha value is -1.75. The number of amides is 2. The Balaban J connectivity index is 1.36. The lowest BCUT2D eigenvalue weighted by Crippen LogP contribution is -2.54. The van der Waals surface area contributed by atoms with Crippen molar-refractivity contribution in [2.75, 3.05) is 37.6 Å². The predicted octanol–water partition coefficient (Wildman–Crippen LogP) is 2.39. The molecular formula is C19H24ClN3O2. The standard InChI is InChI=1S/C19H24ClN3O2/c20-15-5-7-16(8-6-15)21-10-12-22(13-11-21)19(25)17-2-1-9-23(17)18(24)14-3-4-14/h5-8,14,17H,1-4,9-13H2. The molecule has 4 rings (SSSR count). The Kier molecular flexibility index (Phi) is 4.59. The van der Waals surface area contributed by atoms with Gasteiger partial charge in [0.1, 0.15) is 6.04 Å². The average Bonchev–Trinajstić information content (AvgIpc) is 3.38. The van der Waals surface area contributed by atoms with Gasteiger partial charge in [0.25, 0.3) is 0 Å². The van der Waals surface area contributed by atoms with Crippen LogP contribution in [0.3, 0.4) is 0 Å². The van der Waals surface area contributed by atoms with E-state index in [9.17, 15) is 9.59 Å². The molecule has 0 N–H and O–H groups in total. The summed E-state index contributed by atoms with van der Waals surface area (Å²) in [4.78, 5) is 31.4. The Morgan fingerprint density at radius 2 is 1.56 bits per heavy atom. The van der Waals surface area contributed by atoms with Crippen LogP contribution in [-0.4, -0.2) is 60.4 Å². The molecule has 25 heavy (non-hydrogen) atoms.